The maximum atomic E-state index is 13.8. The number of methoxy groups -OCH3 is 2. The molecule has 1 unspecified atom stereocenters. The third-order valence-corrected chi connectivity index (χ3v) is 6.20. The number of nitrogens with zero attached hydrogens (tertiary/aromatic N) is 3. The van der Waals surface area contributed by atoms with Crippen LogP contribution in [0, 0.1) is 5.82 Å². The molecule has 1 saturated heterocycles. The van der Waals surface area contributed by atoms with Gasteiger partial charge in [-0.25, -0.2) is 4.39 Å². The first-order chi connectivity index (χ1) is 17.4. The molecular weight excluding hydrogens is 469 g/mol. The van der Waals surface area contributed by atoms with E-state index in [0.29, 0.717) is 31.1 Å². The number of hydrogen-bond acceptors (Lipinski definition) is 7. The zero-order valence-electron chi connectivity index (χ0n) is 20.4. The summed E-state index contributed by atoms with van der Waals surface area (Å²) in [5.41, 5.74) is -0.235. The van der Waals surface area contributed by atoms with E-state index < -0.39 is 22.9 Å². The first kappa shape index (κ1) is 25.2. The fraction of sp³-hybridized carbons (Fsp3) is 0.346. The summed E-state index contributed by atoms with van der Waals surface area (Å²) in [4.78, 5) is 32.9. The Balaban J connectivity index is 1.79. The number of hydrogen-bond donors (Lipinski definition) is 1. The van der Waals surface area contributed by atoms with Gasteiger partial charge in [0, 0.05) is 25.6 Å². The molecule has 4 rings (SSSR count). The lowest BCUT2D eigenvalue weighted by Gasteiger charge is -2.21. The Bertz CT molecular complexity index is 1300. The predicted octanol–water partition coefficient (Wildman–Crippen LogP) is 3.26. The molecule has 1 atom stereocenters. The number of aromatic nitrogens is 2. The lowest BCUT2D eigenvalue weighted by Crippen LogP contribution is -2.37. The second-order valence-electron chi connectivity index (χ2n) is 8.31. The standard InChI is InChI=1S/C26H28FN3O6/c1-4-36-15-21-28-24(31)22(26(33)30(21)23-19(34-2)9-6-10-20(23)35-3)25(32)29-12-11-17(14-29)16-7-5-8-18(27)13-16/h5-10,13,17,31H,4,11-12,14-15H2,1-3H3. The lowest BCUT2D eigenvalue weighted by atomic mass is 9.98. The van der Waals surface area contributed by atoms with Crippen LogP contribution >= 0.6 is 0 Å². The number of carbonyl (C=O) groups excluding carboxylic acids is 1. The first-order valence-corrected chi connectivity index (χ1v) is 11.6. The lowest BCUT2D eigenvalue weighted by molar-refractivity contribution is 0.0783. The maximum absolute atomic E-state index is 13.8. The van der Waals surface area contributed by atoms with Crippen molar-refractivity contribution in [1.82, 2.24) is 14.5 Å². The number of rotatable bonds is 8. The van der Waals surface area contributed by atoms with Crippen LogP contribution in [0.15, 0.2) is 47.3 Å². The molecule has 0 radical (unpaired) electrons. The molecule has 1 aliphatic heterocycles. The van der Waals surface area contributed by atoms with Gasteiger partial charge in [-0.1, -0.05) is 18.2 Å². The molecule has 2 aromatic carbocycles. The predicted molar refractivity (Wildman–Crippen MR) is 130 cm³/mol. The molecule has 36 heavy (non-hydrogen) atoms. The van der Waals surface area contributed by atoms with Gasteiger partial charge < -0.3 is 24.2 Å². The number of carbonyl (C=O) groups is 1. The normalized spacial score (nSPS) is 15.2. The summed E-state index contributed by atoms with van der Waals surface area (Å²) in [6, 6.07) is 11.2. The number of benzene rings is 2. The van der Waals surface area contributed by atoms with Crippen LogP contribution in [0.1, 0.15) is 41.0 Å². The van der Waals surface area contributed by atoms with Crippen LogP contribution in [0.4, 0.5) is 4.39 Å². The Hall–Kier alpha value is -3.92. The Morgan fingerprint density at radius 3 is 2.50 bits per heavy atom. The van der Waals surface area contributed by atoms with Gasteiger partial charge in [0.15, 0.2) is 5.56 Å². The molecule has 0 saturated carbocycles. The Morgan fingerprint density at radius 2 is 1.86 bits per heavy atom. The number of para-hydroxylation sites is 1. The third-order valence-electron chi connectivity index (χ3n) is 6.20. The number of amides is 1. The van der Waals surface area contributed by atoms with Crippen molar-refractivity contribution < 1.29 is 28.5 Å². The van der Waals surface area contributed by atoms with Gasteiger partial charge in [0.2, 0.25) is 5.88 Å². The summed E-state index contributed by atoms with van der Waals surface area (Å²) in [5, 5.41) is 10.7. The quantitative estimate of drug-likeness (QED) is 0.510. The van der Waals surface area contributed by atoms with Gasteiger partial charge in [-0.3, -0.25) is 14.2 Å². The van der Waals surface area contributed by atoms with Crippen LogP contribution in [0.5, 0.6) is 17.4 Å². The average Bonchev–Trinajstić information content (AvgIpc) is 3.37. The van der Waals surface area contributed by atoms with E-state index in [9.17, 15) is 19.1 Å². The van der Waals surface area contributed by atoms with Crippen molar-refractivity contribution in [3.05, 3.63) is 75.6 Å². The van der Waals surface area contributed by atoms with Crippen LogP contribution in [-0.2, 0) is 11.3 Å². The van der Waals surface area contributed by atoms with Gasteiger partial charge in [0.25, 0.3) is 11.5 Å². The van der Waals surface area contributed by atoms with E-state index in [2.05, 4.69) is 4.98 Å². The number of likely N-dealkylation sites (tertiary alicyclic amines) is 1. The van der Waals surface area contributed by atoms with Crippen LogP contribution in [-0.4, -0.2) is 59.4 Å². The Kier molecular flexibility index (Phi) is 7.54. The van der Waals surface area contributed by atoms with Crippen LogP contribution in [0.3, 0.4) is 0 Å². The Labute approximate surface area is 207 Å². The molecule has 1 aromatic heterocycles. The molecule has 0 aliphatic carbocycles. The van der Waals surface area contributed by atoms with Crippen molar-refractivity contribution in [2.45, 2.75) is 25.9 Å². The molecule has 9 nitrogen and oxygen atoms in total. The van der Waals surface area contributed by atoms with Gasteiger partial charge in [-0.05, 0) is 43.2 Å². The first-order valence-electron chi connectivity index (χ1n) is 11.6. The molecule has 190 valence electrons. The van der Waals surface area contributed by atoms with Gasteiger partial charge in [-0.2, -0.15) is 4.98 Å². The zero-order chi connectivity index (χ0) is 25.8. The summed E-state index contributed by atoms with van der Waals surface area (Å²) < 4.78 is 31.3. The minimum atomic E-state index is -0.779. The average molecular weight is 498 g/mol. The molecule has 1 amide bonds. The highest BCUT2D eigenvalue weighted by Gasteiger charge is 2.33. The van der Waals surface area contributed by atoms with Crippen molar-refractivity contribution in [2.24, 2.45) is 0 Å². The minimum Gasteiger partial charge on any atom is -0.494 e. The molecule has 1 aliphatic rings. The fourth-order valence-electron chi connectivity index (χ4n) is 4.45. The topological polar surface area (TPSA) is 103 Å². The largest absolute Gasteiger partial charge is 0.494 e. The van der Waals surface area contributed by atoms with Crippen molar-refractivity contribution in [1.29, 1.82) is 0 Å². The molecular formula is C26H28FN3O6. The molecule has 2 heterocycles. The van der Waals surface area contributed by atoms with Crippen molar-refractivity contribution in [3.63, 3.8) is 0 Å². The number of ether oxygens (including phenoxy) is 3. The highest BCUT2D eigenvalue weighted by molar-refractivity contribution is 5.96. The summed E-state index contributed by atoms with van der Waals surface area (Å²) >= 11 is 0. The third kappa shape index (κ3) is 4.76. The van der Waals surface area contributed by atoms with Gasteiger partial charge in [-0.15, -0.1) is 0 Å². The van der Waals surface area contributed by atoms with Crippen LogP contribution in [0.2, 0.25) is 0 Å². The number of aromatic hydroxyl groups is 1. The molecule has 1 N–H and O–H groups in total. The highest BCUT2D eigenvalue weighted by Crippen LogP contribution is 2.34. The minimum absolute atomic E-state index is 0.0813. The molecule has 10 heteroatoms. The van der Waals surface area contributed by atoms with E-state index in [1.807, 2.05) is 6.07 Å². The second-order valence-corrected chi connectivity index (χ2v) is 8.31. The summed E-state index contributed by atoms with van der Waals surface area (Å²) in [7, 11) is 2.89. The van der Waals surface area contributed by atoms with Crippen molar-refractivity contribution in [3.8, 4) is 23.1 Å². The van der Waals surface area contributed by atoms with Crippen LogP contribution in [0.25, 0.3) is 5.69 Å². The molecule has 0 spiro atoms. The van der Waals surface area contributed by atoms with Crippen molar-refractivity contribution in [2.75, 3.05) is 33.9 Å². The van der Waals surface area contributed by atoms with E-state index in [-0.39, 0.29) is 36.4 Å². The van der Waals surface area contributed by atoms with Crippen LogP contribution < -0.4 is 15.0 Å². The van der Waals surface area contributed by atoms with Gasteiger partial charge in [0.05, 0.1) is 14.2 Å². The highest BCUT2D eigenvalue weighted by atomic mass is 19.1. The number of halogens is 1. The summed E-state index contributed by atoms with van der Waals surface area (Å²) in [6.45, 7) is 2.65. The molecule has 3 aromatic rings. The summed E-state index contributed by atoms with van der Waals surface area (Å²) in [6.07, 6.45) is 0.598. The smallest absolute Gasteiger partial charge is 0.275 e. The van der Waals surface area contributed by atoms with E-state index in [1.165, 1.54) is 35.8 Å². The molecule has 1 fully saturated rings. The van der Waals surface area contributed by atoms with Gasteiger partial charge in [0.1, 0.15) is 35.4 Å². The van der Waals surface area contributed by atoms with E-state index in [4.69, 9.17) is 14.2 Å². The Morgan fingerprint density at radius 1 is 1.17 bits per heavy atom. The van der Waals surface area contributed by atoms with Gasteiger partial charge >= 0.3 is 0 Å². The monoisotopic (exact) mass is 497 g/mol. The fourth-order valence-corrected chi connectivity index (χ4v) is 4.45. The summed E-state index contributed by atoms with van der Waals surface area (Å²) in [5.74, 6) is -1.07. The maximum Gasteiger partial charge on any atom is 0.275 e. The zero-order valence-corrected chi connectivity index (χ0v) is 20.4. The van der Waals surface area contributed by atoms with E-state index in [0.717, 1.165) is 5.56 Å². The SMILES string of the molecule is CCOCc1nc(O)c(C(=O)N2CCC(c3cccc(F)c3)C2)c(=O)n1-c1c(OC)cccc1OC. The van der Waals surface area contributed by atoms with E-state index >= 15 is 0 Å². The second kappa shape index (κ2) is 10.8. The molecule has 0 bridgehead atoms. The van der Waals surface area contributed by atoms with E-state index in [1.54, 1.807) is 31.2 Å². The van der Waals surface area contributed by atoms with Crippen molar-refractivity contribution >= 4 is 5.91 Å².